The van der Waals surface area contributed by atoms with E-state index >= 15 is 0 Å². The summed E-state index contributed by atoms with van der Waals surface area (Å²) in [6.45, 7) is 1.08. The van der Waals surface area contributed by atoms with Crippen LogP contribution in [0.4, 0.5) is 0 Å². The van der Waals surface area contributed by atoms with E-state index in [0.29, 0.717) is 0 Å². The van der Waals surface area contributed by atoms with Gasteiger partial charge in [-0.05, 0) is 6.92 Å². The molecule has 0 aromatic carbocycles. The summed E-state index contributed by atoms with van der Waals surface area (Å²) in [4.78, 5) is 36.5. The average Bonchev–Trinajstić information content (AvgIpc) is 2.94. The number of ether oxygens (including phenoxy) is 2. The first kappa shape index (κ1) is 22.9. The Bertz CT molecular complexity index is 807. The van der Waals surface area contributed by atoms with E-state index in [4.69, 9.17) is 27.4 Å². The Morgan fingerprint density at radius 2 is 2.21 bits per heavy atom. The summed E-state index contributed by atoms with van der Waals surface area (Å²) in [5.74, 6) is 4.54. The number of rotatable bonds is 8. The quantitative estimate of drug-likeness (QED) is 0.0936. The summed E-state index contributed by atoms with van der Waals surface area (Å²) in [7, 11) is -2.17. The molecule has 1 fully saturated rings. The minimum absolute atomic E-state index is 0.373. The van der Waals surface area contributed by atoms with Gasteiger partial charge in [-0.15, -0.1) is 9.71 Å². The topological polar surface area (TPSA) is 189 Å². The number of esters is 1. The van der Waals surface area contributed by atoms with Crippen LogP contribution in [0.15, 0.2) is 21.9 Å². The predicted octanol–water partition coefficient (Wildman–Crippen LogP) is -2.56. The molecule has 0 saturated carbocycles. The van der Waals surface area contributed by atoms with E-state index in [0.717, 1.165) is 16.8 Å². The highest BCUT2D eigenvalue weighted by atomic mass is 32.7. The fourth-order valence-electron chi connectivity index (χ4n) is 2.46. The lowest BCUT2D eigenvalue weighted by molar-refractivity contribution is -0.142. The van der Waals surface area contributed by atoms with Crippen molar-refractivity contribution in [1.82, 2.24) is 14.6 Å². The Hall–Kier alpha value is -1.35. The first-order valence-corrected chi connectivity index (χ1v) is 10.6. The zero-order chi connectivity index (χ0) is 21.1. The first-order valence-electron chi connectivity index (χ1n) is 7.93. The molecule has 13 nitrogen and oxygen atoms in total. The molecule has 2 heterocycles. The first-order chi connectivity index (χ1) is 13.1. The van der Waals surface area contributed by atoms with Gasteiger partial charge >= 0.3 is 11.7 Å². The van der Waals surface area contributed by atoms with Gasteiger partial charge in [0.05, 0.1) is 4.79 Å². The van der Waals surface area contributed by atoms with E-state index in [2.05, 4.69) is 14.4 Å². The van der Waals surface area contributed by atoms with Crippen molar-refractivity contribution in [3.05, 3.63) is 33.1 Å². The van der Waals surface area contributed by atoms with Gasteiger partial charge in [0.2, 0.25) is 6.04 Å². The SMILES string of the molecule is C[O+]C(=O)C(C)N[P+]([S-])(ON)OC[C@H]1O[C@@H](n2ccc(=O)[nH]c2=O)[C@H](O)[C@@H]1O. The number of nitrogens with zero attached hydrogens (tertiary/aromatic N) is 1. The molecule has 0 bridgehead atoms. The Morgan fingerprint density at radius 3 is 2.79 bits per heavy atom. The Labute approximate surface area is 164 Å². The lowest BCUT2D eigenvalue weighted by Gasteiger charge is -2.28. The average molecular weight is 440 g/mol. The lowest BCUT2D eigenvalue weighted by atomic mass is 10.1. The predicted molar refractivity (Wildman–Crippen MR) is 97.4 cm³/mol. The summed E-state index contributed by atoms with van der Waals surface area (Å²) >= 11 is 5.14. The molecule has 1 aliphatic heterocycles. The van der Waals surface area contributed by atoms with Crippen molar-refractivity contribution >= 4 is 25.3 Å². The maximum absolute atomic E-state index is 11.9. The standard InChI is InChI=1S/C13H21N4O9PS/c1-6(12(21)23-2)16-27(28,26-14)24-5-7-9(19)10(20)11(25-7)17-4-3-8(18)15-13(17)22/h3-4,6-7,9-11,19-20H,5,14H2,1-2H3,(H,16,28)(H,15,18,22)/q+1/t6?,7-,9-,10-,11-,27?/m1/s1. The number of hydrogen-bond acceptors (Lipinski definition) is 12. The zero-order valence-corrected chi connectivity index (χ0v) is 16.6. The van der Waals surface area contributed by atoms with Crippen LogP contribution in [0.3, 0.4) is 0 Å². The minimum Gasteiger partial charge on any atom is -0.470 e. The maximum atomic E-state index is 11.9. The summed E-state index contributed by atoms with van der Waals surface area (Å²) < 4.78 is 21.0. The number of H-pyrrole nitrogens is 1. The maximum Gasteiger partial charge on any atom is 0.594 e. The van der Waals surface area contributed by atoms with Gasteiger partial charge in [-0.3, -0.25) is 14.3 Å². The number of hydrogen-bond donors (Lipinski definition) is 5. The number of aromatic amines is 1. The van der Waals surface area contributed by atoms with Crippen LogP contribution >= 0.6 is 7.07 Å². The van der Waals surface area contributed by atoms with E-state index in [1.54, 1.807) is 0 Å². The molecule has 1 aromatic rings. The van der Waals surface area contributed by atoms with Crippen LogP contribution in [0.2, 0.25) is 0 Å². The molecular weight excluding hydrogens is 419 g/mol. The number of carbonyl (C=O) groups is 1. The minimum atomic E-state index is -3.36. The molecule has 0 aliphatic carbocycles. The third kappa shape index (κ3) is 5.17. The van der Waals surface area contributed by atoms with Gasteiger partial charge in [-0.25, -0.2) is 9.32 Å². The fraction of sp³-hybridized carbons (Fsp3) is 0.615. The van der Waals surface area contributed by atoms with E-state index in [-0.39, 0.29) is 6.61 Å². The number of aromatic nitrogens is 2. The van der Waals surface area contributed by atoms with E-state index in [9.17, 15) is 24.6 Å². The molecule has 2 unspecified atom stereocenters. The van der Waals surface area contributed by atoms with Crippen LogP contribution in [0.1, 0.15) is 13.2 Å². The van der Waals surface area contributed by atoms with E-state index in [1.807, 2.05) is 4.98 Å². The van der Waals surface area contributed by atoms with Gasteiger partial charge in [0.15, 0.2) is 13.3 Å². The molecule has 1 saturated heterocycles. The largest absolute Gasteiger partial charge is 0.594 e. The summed E-state index contributed by atoms with van der Waals surface area (Å²) in [5.41, 5.74) is -1.45. The van der Waals surface area contributed by atoms with Crippen LogP contribution in [0.5, 0.6) is 0 Å². The normalized spacial score (nSPS) is 27.9. The van der Waals surface area contributed by atoms with Crippen molar-refractivity contribution < 1.29 is 33.6 Å². The molecule has 6 atom stereocenters. The lowest BCUT2D eigenvalue weighted by Crippen LogP contribution is -2.39. The highest BCUT2D eigenvalue weighted by Gasteiger charge is 2.46. The summed E-state index contributed by atoms with van der Waals surface area (Å²) in [5, 5.41) is 23.0. The number of methoxy groups -OCH3 is 1. The third-order valence-corrected chi connectivity index (χ3v) is 6.28. The van der Waals surface area contributed by atoms with Gasteiger partial charge in [0.1, 0.15) is 24.9 Å². The second-order valence-corrected chi connectivity index (χ2v) is 9.00. The molecule has 15 heteroatoms. The zero-order valence-electron chi connectivity index (χ0n) is 14.9. The second-order valence-electron chi connectivity index (χ2n) is 5.84. The number of carbonyl (C=O) groups excluding carboxylic acids is 1. The Kier molecular flexibility index (Phi) is 7.73. The molecule has 2 rings (SSSR count). The van der Waals surface area contributed by atoms with Crippen molar-refractivity contribution in [3.8, 4) is 0 Å². The van der Waals surface area contributed by atoms with Gasteiger partial charge < -0.3 is 31.9 Å². The molecular formula is C13H21N4O9PS+. The molecule has 1 aromatic heterocycles. The smallest absolute Gasteiger partial charge is 0.470 e. The fourth-order valence-corrected chi connectivity index (χ4v) is 4.24. The van der Waals surface area contributed by atoms with Gasteiger partial charge in [-0.1, -0.05) is 0 Å². The van der Waals surface area contributed by atoms with Gasteiger partial charge in [0.25, 0.3) is 12.6 Å². The van der Waals surface area contributed by atoms with Crippen molar-refractivity contribution in [3.63, 3.8) is 0 Å². The number of nitrogens with one attached hydrogen (secondary N) is 2. The number of nitrogens with two attached hydrogens (primary N) is 1. The Morgan fingerprint density at radius 1 is 1.54 bits per heavy atom. The van der Waals surface area contributed by atoms with E-state index in [1.165, 1.54) is 14.0 Å². The van der Waals surface area contributed by atoms with Gasteiger partial charge in [0, 0.05) is 12.3 Å². The molecule has 1 radical (unpaired) electrons. The van der Waals surface area contributed by atoms with Gasteiger partial charge in [-0.2, -0.15) is 5.90 Å². The molecule has 6 N–H and O–H groups in total. The summed E-state index contributed by atoms with van der Waals surface area (Å²) in [6.07, 6.45) is -4.19. The van der Waals surface area contributed by atoms with Crippen LogP contribution in [-0.4, -0.2) is 63.8 Å². The monoisotopic (exact) mass is 440 g/mol. The van der Waals surface area contributed by atoms with E-state index < -0.39 is 54.9 Å². The number of aliphatic hydroxyl groups excluding tert-OH is 2. The number of aliphatic hydroxyl groups is 2. The van der Waals surface area contributed by atoms with Crippen molar-refractivity contribution in [2.75, 3.05) is 13.7 Å². The summed E-state index contributed by atoms with van der Waals surface area (Å²) in [6, 6.07) is 0.181. The van der Waals surface area contributed by atoms with Crippen molar-refractivity contribution in [2.45, 2.75) is 37.5 Å². The molecule has 28 heavy (non-hydrogen) atoms. The van der Waals surface area contributed by atoms with Crippen molar-refractivity contribution in [2.24, 2.45) is 5.90 Å². The van der Waals surface area contributed by atoms with Crippen LogP contribution in [-0.2, 0) is 35.7 Å². The highest BCUT2D eigenvalue weighted by Crippen LogP contribution is 2.54. The van der Waals surface area contributed by atoms with Crippen LogP contribution < -0.4 is 22.2 Å². The molecule has 1 aliphatic rings. The molecule has 157 valence electrons. The molecule has 0 spiro atoms. The van der Waals surface area contributed by atoms with Crippen LogP contribution in [0, 0.1) is 0 Å². The second kappa shape index (κ2) is 9.43. The third-order valence-electron chi connectivity index (χ3n) is 3.92. The van der Waals surface area contributed by atoms with Crippen LogP contribution in [0.25, 0.3) is 0 Å². The highest BCUT2D eigenvalue weighted by molar-refractivity contribution is 8.37. The Balaban J connectivity index is 2.06. The van der Waals surface area contributed by atoms with Crippen molar-refractivity contribution in [1.29, 1.82) is 0 Å². The molecule has 0 amide bonds.